The van der Waals surface area contributed by atoms with Gasteiger partial charge in [-0.05, 0) is 17.9 Å². The Bertz CT molecular complexity index is 339. The average molecular weight is 241 g/mol. The zero-order valence-electron chi connectivity index (χ0n) is 8.96. The van der Waals surface area contributed by atoms with Gasteiger partial charge in [0.25, 0.3) is 0 Å². The lowest BCUT2D eigenvalue weighted by Crippen LogP contribution is -2.50. The second-order valence-corrected chi connectivity index (χ2v) is 4.83. The Hall–Kier alpha value is -0.910. The van der Waals surface area contributed by atoms with E-state index in [0.29, 0.717) is 19.8 Å². The molecule has 0 aliphatic carbocycles. The molecule has 1 atom stereocenters. The largest absolute Gasteiger partial charge is 0.480 e. The molecule has 1 aliphatic rings. The van der Waals surface area contributed by atoms with Crippen LogP contribution < -0.4 is 0 Å². The van der Waals surface area contributed by atoms with Crippen molar-refractivity contribution in [1.82, 2.24) is 4.90 Å². The molecule has 1 aromatic heterocycles. The number of ether oxygens (including phenoxy) is 1. The van der Waals surface area contributed by atoms with Gasteiger partial charge in [-0.25, -0.2) is 0 Å². The third-order valence-corrected chi connectivity index (χ3v) is 3.69. The summed E-state index contributed by atoms with van der Waals surface area (Å²) in [6.07, 6.45) is 0.918. The summed E-state index contributed by atoms with van der Waals surface area (Å²) in [5.41, 5.74) is 0. The number of carbonyl (C=O) groups is 1. The zero-order valence-corrected chi connectivity index (χ0v) is 9.78. The van der Waals surface area contributed by atoms with E-state index in [2.05, 4.69) is 6.07 Å². The summed E-state index contributed by atoms with van der Waals surface area (Å²) in [5.74, 6) is -0.786. The Balaban J connectivity index is 1.89. The molecule has 1 unspecified atom stereocenters. The SMILES string of the molecule is O=C(O)C1COCCN1CCc1cccs1. The molecule has 0 amide bonds. The van der Waals surface area contributed by atoms with E-state index < -0.39 is 12.0 Å². The smallest absolute Gasteiger partial charge is 0.323 e. The molecule has 1 N–H and O–H groups in total. The second-order valence-electron chi connectivity index (χ2n) is 3.79. The average Bonchev–Trinajstić information content (AvgIpc) is 2.79. The lowest BCUT2D eigenvalue weighted by Gasteiger charge is -2.32. The molecule has 16 heavy (non-hydrogen) atoms. The van der Waals surface area contributed by atoms with E-state index in [1.807, 2.05) is 16.3 Å². The Labute approximate surface area is 98.4 Å². The predicted molar refractivity (Wildman–Crippen MR) is 61.8 cm³/mol. The summed E-state index contributed by atoms with van der Waals surface area (Å²) in [5, 5.41) is 11.1. The molecular formula is C11H15NO3S. The van der Waals surface area contributed by atoms with Crippen LogP contribution in [0.1, 0.15) is 4.88 Å². The lowest BCUT2D eigenvalue weighted by molar-refractivity contribution is -0.149. The summed E-state index contributed by atoms with van der Waals surface area (Å²) >= 11 is 1.72. The molecule has 0 bridgehead atoms. The minimum absolute atomic E-state index is 0.305. The van der Waals surface area contributed by atoms with Crippen LogP contribution in [0.3, 0.4) is 0 Å². The molecule has 0 spiro atoms. The Morgan fingerprint density at radius 1 is 1.69 bits per heavy atom. The minimum Gasteiger partial charge on any atom is -0.480 e. The maximum absolute atomic E-state index is 11.0. The monoisotopic (exact) mass is 241 g/mol. The molecule has 1 fully saturated rings. The van der Waals surface area contributed by atoms with Gasteiger partial charge in [0.15, 0.2) is 0 Å². The van der Waals surface area contributed by atoms with Gasteiger partial charge in [-0.1, -0.05) is 6.07 Å². The lowest BCUT2D eigenvalue weighted by atomic mass is 10.2. The van der Waals surface area contributed by atoms with Crippen LogP contribution in [-0.2, 0) is 16.0 Å². The topological polar surface area (TPSA) is 49.8 Å². The molecule has 1 aliphatic heterocycles. The van der Waals surface area contributed by atoms with Gasteiger partial charge in [0, 0.05) is 18.0 Å². The van der Waals surface area contributed by atoms with Gasteiger partial charge in [0.2, 0.25) is 0 Å². The van der Waals surface area contributed by atoms with Gasteiger partial charge < -0.3 is 9.84 Å². The molecule has 1 aromatic rings. The first-order valence-corrected chi connectivity index (χ1v) is 6.22. The molecule has 1 saturated heterocycles. The molecule has 2 rings (SSSR count). The number of rotatable bonds is 4. The summed E-state index contributed by atoms with van der Waals surface area (Å²) in [6.45, 7) is 2.44. The van der Waals surface area contributed by atoms with E-state index in [1.54, 1.807) is 11.3 Å². The molecule has 4 nitrogen and oxygen atoms in total. The molecule has 0 aromatic carbocycles. The van der Waals surface area contributed by atoms with Gasteiger partial charge in [0.05, 0.1) is 13.2 Å². The highest BCUT2D eigenvalue weighted by Crippen LogP contribution is 2.13. The highest BCUT2D eigenvalue weighted by atomic mass is 32.1. The number of carboxylic acids is 1. The normalized spacial score (nSPS) is 22.1. The number of hydrogen-bond donors (Lipinski definition) is 1. The van der Waals surface area contributed by atoms with Crippen molar-refractivity contribution in [2.75, 3.05) is 26.3 Å². The number of aliphatic carboxylic acids is 1. The number of thiophene rings is 1. The van der Waals surface area contributed by atoms with Crippen LogP contribution >= 0.6 is 11.3 Å². The van der Waals surface area contributed by atoms with Gasteiger partial charge in [0.1, 0.15) is 6.04 Å². The van der Waals surface area contributed by atoms with Crippen LogP contribution in [0.4, 0.5) is 0 Å². The summed E-state index contributed by atoms with van der Waals surface area (Å²) in [4.78, 5) is 14.3. The maximum Gasteiger partial charge on any atom is 0.323 e. The van der Waals surface area contributed by atoms with Gasteiger partial charge in [-0.2, -0.15) is 0 Å². The number of carboxylic acid groups (broad SMARTS) is 1. The molecule has 0 saturated carbocycles. The van der Waals surface area contributed by atoms with E-state index in [-0.39, 0.29) is 0 Å². The van der Waals surface area contributed by atoms with Crippen molar-refractivity contribution < 1.29 is 14.6 Å². The van der Waals surface area contributed by atoms with Crippen molar-refractivity contribution in [3.8, 4) is 0 Å². The Morgan fingerprint density at radius 3 is 3.25 bits per heavy atom. The Kier molecular flexibility index (Phi) is 3.93. The third kappa shape index (κ3) is 2.81. The quantitative estimate of drug-likeness (QED) is 0.857. The van der Waals surface area contributed by atoms with E-state index in [0.717, 1.165) is 13.0 Å². The molecular weight excluding hydrogens is 226 g/mol. The van der Waals surface area contributed by atoms with Crippen molar-refractivity contribution in [1.29, 1.82) is 0 Å². The first kappa shape index (κ1) is 11.6. The predicted octanol–water partition coefficient (Wildman–Crippen LogP) is 1.08. The van der Waals surface area contributed by atoms with E-state index >= 15 is 0 Å². The van der Waals surface area contributed by atoms with Gasteiger partial charge >= 0.3 is 5.97 Å². The van der Waals surface area contributed by atoms with Crippen molar-refractivity contribution in [2.24, 2.45) is 0 Å². The fraction of sp³-hybridized carbons (Fsp3) is 0.545. The number of morpholine rings is 1. The fourth-order valence-electron chi connectivity index (χ4n) is 1.84. The first-order valence-electron chi connectivity index (χ1n) is 5.34. The standard InChI is InChI=1S/C11H15NO3S/c13-11(14)10-8-15-6-5-12(10)4-3-9-2-1-7-16-9/h1-2,7,10H,3-6,8H2,(H,13,14). The van der Waals surface area contributed by atoms with Gasteiger partial charge in [-0.15, -0.1) is 11.3 Å². The van der Waals surface area contributed by atoms with Crippen LogP contribution in [-0.4, -0.2) is 48.3 Å². The summed E-state index contributed by atoms with van der Waals surface area (Å²) in [7, 11) is 0. The van der Waals surface area contributed by atoms with E-state index in [9.17, 15) is 4.79 Å². The highest BCUT2D eigenvalue weighted by Gasteiger charge is 2.28. The number of hydrogen-bond acceptors (Lipinski definition) is 4. The second kappa shape index (κ2) is 5.43. The molecule has 0 radical (unpaired) electrons. The van der Waals surface area contributed by atoms with Crippen LogP contribution in [0.2, 0.25) is 0 Å². The highest BCUT2D eigenvalue weighted by molar-refractivity contribution is 7.09. The molecule has 88 valence electrons. The van der Waals surface area contributed by atoms with E-state index in [1.165, 1.54) is 4.88 Å². The summed E-state index contributed by atoms with van der Waals surface area (Å²) < 4.78 is 5.19. The minimum atomic E-state index is -0.786. The van der Waals surface area contributed by atoms with Crippen molar-refractivity contribution in [3.05, 3.63) is 22.4 Å². The first-order chi connectivity index (χ1) is 7.77. The fourth-order valence-corrected chi connectivity index (χ4v) is 2.54. The molecule has 5 heteroatoms. The van der Waals surface area contributed by atoms with Crippen LogP contribution in [0.25, 0.3) is 0 Å². The van der Waals surface area contributed by atoms with Crippen LogP contribution in [0.15, 0.2) is 17.5 Å². The summed E-state index contributed by atoms with van der Waals surface area (Å²) in [6, 6.07) is 3.63. The van der Waals surface area contributed by atoms with Crippen molar-refractivity contribution in [3.63, 3.8) is 0 Å². The Morgan fingerprint density at radius 2 is 2.56 bits per heavy atom. The van der Waals surface area contributed by atoms with Crippen molar-refractivity contribution >= 4 is 17.3 Å². The van der Waals surface area contributed by atoms with Gasteiger partial charge in [-0.3, -0.25) is 9.69 Å². The third-order valence-electron chi connectivity index (χ3n) is 2.75. The molecule has 2 heterocycles. The maximum atomic E-state index is 11.0. The zero-order chi connectivity index (χ0) is 11.4. The van der Waals surface area contributed by atoms with Crippen molar-refractivity contribution in [2.45, 2.75) is 12.5 Å². The van der Waals surface area contributed by atoms with Crippen LogP contribution in [0.5, 0.6) is 0 Å². The van der Waals surface area contributed by atoms with Crippen LogP contribution in [0, 0.1) is 0 Å². The number of nitrogens with zero attached hydrogens (tertiary/aromatic N) is 1. The van der Waals surface area contributed by atoms with E-state index in [4.69, 9.17) is 9.84 Å².